The zero-order chi connectivity index (χ0) is 19.5. The van der Waals surface area contributed by atoms with Crippen LogP contribution in [-0.4, -0.2) is 27.8 Å². The molecule has 26 heavy (non-hydrogen) atoms. The molecule has 0 aliphatic heterocycles. The van der Waals surface area contributed by atoms with Gasteiger partial charge in [0.2, 0.25) is 0 Å². The molecule has 0 fully saturated rings. The summed E-state index contributed by atoms with van der Waals surface area (Å²) in [6, 6.07) is 12.5. The number of ether oxygens (including phenoxy) is 1. The Morgan fingerprint density at radius 1 is 0.962 bits per heavy atom. The largest absolute Gasteiger partial charge is 0.508 e. The Hall–Kier alpha value is -1.64. The lowest BCUT2D eigenvalue weighted by Gasteiger charge is -2.33. The second-order valence-corrected chi connectivity index (χ2v) is 17.3. The van der Waals surface area contributed by atoms with Crippen molar-refractivity contribution in [2.24, 2.45) is 0 Å². The van der Waals surface area contributed by atoms with E-state index in [2.05, 4.69) is 32.7 Å². The van der Waals surface area contributed by atoms with Crippen molar-refractivity contribution < 1.29 is 18.3 Å². The summed E-state index contributed by atoms with van der Waals surface area (Å²) < 4.78 is 26.7. The molecule has 142 valence electrons. The van der Waals surface area contributed by atoms with Crippen molar-refractivity contribution >= 4 is 16.6 Å². The molecule has 0 bridgehead atoms. The lowest BCUT2D eigenvalue weighted by atomic mass is 10.1. The predicted molar refractivity (Wildman–Crippen MR) is 110 cm³/mol. The summed E-state index contributed by atoms with van der Waals surface area (Å²) in [5, 5.41) is 9.37. The fourth-order valence-corrected chi connectivity index (χ4v) is 11.7. The van der Waals surface area contributed by atoms with Gasteiger partial charge in [-0.05, 0) is 75.1 Å². The maximum absolute atomic E-state index is 14.5. The summed E-state index contributed by atoms with van der Waals surface area (Å²) >= 11 is 0. The van der Waals surface area contributed by atoms with Gasteiger partial charge in [-0.25, -0.2) is 4.39 Å². The van der Waals surface area contributed by atoms with E-state index in [9.17, 15) is 9.50 Å². The van der Waals surface area contributed by atoms with Crippen LogP contribution in [-0.2, 0) is 4.12 Å². The zero-order valence-electron chi connectivity index (χ0n) is 16.5. The highest BCUT2D eigenvalue weighted by Gasteiger charge is 2.32. The Kier molecular flexibility index (Phi) is 6.31. The summed E-state index contributed by atoms with van der Waals surface area (Å²) in [5.41, 5.74) is 1.60. The van der Waals surface area contributed by atoms with Gasteiger partial charge >= 0.3 is 0 Å². The van der Waals surface area contributed by atoms with Crippen LogP contribution in [0.1, 0.15) is 6.92 Å². The van der Waals surface area contributed by atoms with E-state index >= 15 is 0 Å². The van der Waals surface area contributed by atoms with Crippen LogP contribution >= 0.6 is 0 Å². The molecular weight excluding hydrogens is 363 g/mol. The van der Waals surface area contributed by atoms with Gasteiger partial charge in [-0.2, -0.15) is 0 Å². The highest BCUT2D eigenvalue weighted by molar-refractivity contribution is 6.84. The molecule has 3 nitrogen and oxygen atoms in total. The normalized spacial score (nSPS) is 13.5. The maximum atomic E-state index is 14.5. The summed E-state index contributed by atoms with van der Waals surface area (Å²) in [7, 11) is -3.45. The average molecular weight is 393 g/mol. The van der Waals surface area contributed by atoms with Crippen LogP contribution in [0.4, 0.5) is 4.39 Å². The molecule has 0 aliphatic carbocycles. The van der Waals surface area contributed by atoms with Gasteiger partial charge < -0.3 is 14.0 Å². The van der Waals surface area contributed by atoms with Gasteiger partial charge in [0, 0.05) is 6.04 Å². The summed E-state index contributed by atoms with van der Waals surface area (Å²) in [6.07, 6.45) is -0.109. The van der Waals surface area contributed by atoms with Crippen LogP contribution in [0.3, 0.4) is 0 Å². The third kappa shape index (κ3) is 6.26. The van der Waals surface area contributed by atoms with E-state index in [0.717, 1.165) is 17.2 Å². The minimum atomic E-state index is -1.85. The molecule has 1 atom stereocenters. The first kappa shape index (κ1) is 20.7. The van der Waals surface area contributed by atoms with Crippen molar-refractivity contribution in [1.29, 1.82) is 0 Å². The van der Waals surface area contributed by atoms with E-state index in [1.807, 2.05) is 13.0 Å². The number of hydrogen-bond donors (Lipinski definition) is 1. The van der Waals surface area contributed by atoms with Gasteiger partial charge in [-0.1, -0.05) is 18.2 Å². The van der Waals surface area contributed by atoms with Gasteiger partial charge in [0.1, 0.15) is 5.75 Å². The maximum Gasteiger partial charge on any atom is 0.177 e. The molecule has 2 aromatic carbocycles. The molecule has 0 saturated carbocycles. The molecular formula is C20H29FO3Si2. The van der Waals surface area contributed by atoms with Crippen LogP contribution in [0.25, 0.3) is 11.1 Å². The first-order valence-corrected chi connectivity index (χ1v) is 15.4. The fourth-order valence-electron chi connectivity index (χ4n) is 3.25. The fraction of sp³-hybridized carbons (Fsp3) is 0.400. The van der Waals surface area contributed by atoms with Crippen molar-refractivity contribution in [1.82, 2.24) is 0 Å². The molecule has 1 N–H and O–H groups in total. The van der Waals surface area contributed by atoms with Crippen molar-refractivity contribution in [3.8, 4) is 22.6 Å². The second kappa shape index (κ2) is 7.94. The molecule has 0 aliphatic rings. The van der Waals surface area contributed by atoms with E-state index in [0.29, 0.717) is 0 Å². The van der Waals surface area contributed by atoms with Crippen molar-refractivity contribution in [2.45, 2.75) is 51.8 Å². The molecule has 2 rings (SSSR count). The van der Waals surface area contributed by atoms with Gasteiger partial charge in [0.25, 0.3) is 0 Å². The second-order valence-electron chi connectivity index (χ2n) is 8.30. The van der Waals surface area contributed by atoms with E-state index in [1.165, 1.54) is 6.07 Å². The van der Waals surface area contributed by atoms with Crippen molar-refractivity contribution in [2.75, 3.05) is 0 Å². The van der Waals surface area contributed by atoms with E-state index in [-0.39, 0.29) is 23.4 Å². The van der Waals surface area contributed by atoms with Crippen LogP contribution in [0.15, 0.2) is 42.5 Å². The molecule has 0 radical (unpaired) electrons. The van der Waals surface area contributed by atoms with Gasteiger partial charge in [0.05, 0.1) is 6.10 Å². The Balaban J connectivity index is 2.06. The van der Waals surface area contributed by atoms with Gasteiger partial charge in [-0.15, -0.1) is 0 Å². The molecule has 6 heteroatoms. The topological polar surface area (TPSA) is 38.7 Å². The number of phenolic OH excluding ortho intramolecular Hbond substituents is 1. The lowest BCUT2D eigenvalue weighted by Crippen LogP contribution is -2.44. The molecule has 0 spiro atoms. The number of rotatable bonds is 7. The zero-order valence-corrected chi connectivity index (χ0v) is 18.5. The number of halogens is 1. The summed E-state index contributed by atoms with van der Waals surface area (Å²) in [6.45, 7) is 12.9. The molecule has 1 unspecified atom stereocenters. The Morgan fingerprint density at radius 3 is 2.08 bits per heavy atom. The lowest BCUT2D eigenvalue weighted by molar-refractivity contribution is 0.225. The van der Waals surface area contributed by atoms with E-state index in [4.69, 9.17) is 8.85 Å². The number of phenols is 1. The van der Waals surface area contributed by atoms with Crippen molar-refractivity contribution in [3.05, 3.63) is 48.3 Å². The average Bonchev–Trinajstić information content (AvgIpc) is 2.47. The SMILES string of the molecule is CC(C[Si](C)(C)O[Si](C)(C)C)Oc1ccc(-c2ccc(O)cc2)cc1F. The third-order valence-corrected chi connectivity index (χ3v) is 10.0. The molecule has 0 aromatic heterocycles. The van der Waals surface area contributed by atoms with Crippen LogP contribution < -0.4 is 4.74 Å². The van der Waals surface area contributed by atoms with Crippen LogP contribution in [0.5, 0.6) is 11.5 Å². The Labute approximate surface area is 158 Å². The highest BCUT2D eigenvalue weighted by Crippen LogP contribution is 2.29. The first-order chi connectivity index (χ1) is 12.0. The number of benzene rings is 2. The van der Waals surface area contributed by atoms with Crippen molar-refractivity contribution in [3.63, 3.8) is 0 Å². The minimum Gasteiger partial charge on any atom is -0.508 e. The Bertz CT molecular complexity index is 740. The first-order valence-electron chi connectivity index (χ1n) is 8.91. The van der Waals surface area contributed by atoms with Gasteiger partial charge in [0.15, 0.2) is 28.2 Å². The van der Waals surface area contributed by atoms with Crippen LogP contribution in [0.2, 0.25) is 38.8 Å². The predicted octanol–water partition coefficient (Wildman–Crippen LogP) is 6.02. The third-order valence-electron chi connectivity index (χ3n) is 3.82. The molecule has 2 aromatic rings. The highest BCUT2D eigenvalue weighted by atomic mass is 28.4. The summed E-state index contributed by atoms with van der Waals surface area (Å²) in [4.78, 5) is 0. The van der Waals surface area contributed by atoms with Crippen LogP contribution in [0, 0.1) is 5.82 Å². The van der Waals surface area contributed by atoms with E-state index < -0.39 is 16.6 Å². The molecule has 0 heterocycles. The minimum absolute atomic E-state index is 0.109. The standard InChI is InChI=1S/C20H29FO3Si2/c1-15(14-26(5,6)24-25(2,3)4)23-20-12-9-17(13-19(20)21)16-7-10-18(22)11-8-16/h7-13,15,22H,14H2,1-6H3. The molecule has 0 amide bonds. The Morgan fingerprint density at radius 2 is 1.54 bits per heavy atom. The quantitative estimate of drug-likeness (QED) is 0.585. The van der Waals surface area contributed by atoms with E-state index in [1.54, 1.807) is 30.3 Å². The molecule has 0 saturated heterocycles. The smallest absolute Gasteiger partial charge is 0.177 e. The van der Waals surface area contributed by atoms with Gasteiger partial charge in [-0.3, -0.25) is 0 Å². The number of aromatic hydroxyl groups is 1. The monoisotopic (exact) mass is 392 g/mol. The summed E-state index contributed by atoms with van der Waals surface area (Å²) in [5.74, 6) is 0.0705. The number of hydrogen-bond acceptors (Lipinski definition) is 3.